The monoisotopic (exact) mass is 435 g/mol. The molecule has 0 spiro atoms. The second kappa shape index (κ2) is 6.69. The standard InChI is InChI=1S/C18H14BrNO5S/c1-26(24,25)13-5-2-11(3-6-13)9-20-10-15(18(22)23)17(21)14-8-12(19)4-7-16(14)20/h2-8,10H,9H2,1H3,(H,22,23). The molecule has 0 aliphatic heterocycles. The van der Waals surface area contributed by atoms with Crippen molar-refractivity contribution >= 4 is 42.6 Å². The van der Waals surface area contributed by atoms with E-state index in [1.807, 2.05) is 0 Å². The summed E-state index contributed by atoms with van der Waals surface area (Å²) in [4.78, 5) is 24.0. The molecular formula is C18H14BrNO5S. The fraction of sp³-hybridized carbons (Fsp3) is 0.111. The second-order valence-corrected chi connectivity index (χ2v) is 8.81. The first-order chi connectivity index (χ1) is 12.2. The van der Waals surface area contributed by atoms with Gasteiger partial charge in [0.2, 0.25) is 5.43 Å². The Bertz CT molecular complexity index is 1180. The summed E-state index contributed by atoms with van der Waals surface area (Å²) in [6.07, 6.45) is 2.44. The Hall–Kier alpha value is -2.45. The van der Waals surface area contributed by atoms with Gasteiger partial charge in [0.05, 0.1) is 10.4 Å². The first kappa shape index (κ1) is 18.3. The minimum absolute atomic E-state index is 0.209. The van der Waals surface area contributed by atoms with E-state index in [2.05, 4.69) is 15.9 Å². The van der Waals surface area contributed by atoms with E-state index in [1.165, 1.54) is 18.3 Å². The molecule has 134 valence electrons. The quantitative estimate of drug-likeness (QED) is 0.679. The van der Waals surface area contributed by atoms with Crippen LogP contribution < -0.4 is 5.43 Å². The number of benzene rings is 2. The number of hydrogen-bond donors (Lipinski definition) is 1. The highest BCUT2D eigenvalue weighted by molar-refractivity contribution is 9.10. The van der Waals surface area contributed by atoms with Crippen LogP contribution in [0, 0.1) is 0 Å². The number of pyridine rings is 1. The number of carboxylic acid groups (broad SMARTS) is 1. The number of fused-ring (bicyclic) bond motifs is 1. The van der Waals surface area contributed by atoms with Crippen molar-refractivity contribution in [2.24, 2.45) is 0 Å². The van der Waals surface area contributed by atoms with Gasteiger partial charge in [-0.25, -0.2) is 13.2 Å². The molecule has 3 rings (SSSR count). The van der Waals surface area contributed by atoms with Crippen molar-refractivity contribution in [3.05, 3.63) is 74.5 Å². The molecule has 26 heavy (non-hydrogen) atoms. The molecule has 0 saturated heterocycles. The lowest BCUT2D eigenvalue weighted by Crippen LogP contribution is -2.19. The third kappa shape index (κ3) is 3.56. The van der Waals surface area contributed by atoms with Gasteiger partial charge < -0.3 is 9.67 Å². The lowest BCUT2D eigenvalue weighted by Gasteiger charge is -2.13. The summed E-state index contributed by atoms with van der Waals surface area (Å²) in [7, 11) is -3.29. The molecule has 0 aliphatic rings. The predicted molar refractivity (Wildman–Crippen MR) is 102 cm³/mol. The minimum Gasteiger partial charge on any atom is -0.477 e. The molecule has 2 aromatic carbocycles. The van der Waals surface area contributed by atoms with E-state index in [-0.39, 0.29) is 10.5 Å². The lowest BCUT2D eigenvalue weighted by molar-refractivity contribution is 0.0695. The molecule has 1 heterocycles. The maximum atomic E-state index is 12.4. The smallest absolute Gasteiger partial charge is 0.341 e. The van der Waals surface area contributed by atoms with Crippen molar-refractivity contribution < 1.29 is 18.3 Å². The third-order valence-corrected chi connectivity index (χ3v) is 5.60. The maximum absolute atomic E-state index is 12.4. The van der Waals surface area contributed by atoms with Crippen molar-refractivity contribution in [1.82, 2.24) is 4.57 Å². The molecule has 1 aromatic heterocycles. The average Bonchev–Trinajstić information content (AvgIpc) is 2.57. The highest BCUT2D eigenvalue weighted by Crippen LogP contribution is 2.20. The van der Waals surface area contributed by atoms with Crippen molar-refractivity contribution in [2.75, 3.05) is 6.26 Å². The topological polar surface area (TPSA) is 93.4 Å². The summed E-state index contributed by atoms with van der Waals surface area (Å²) < 4.78 is 25.5. The Labute approximate surface area is 157 Å². The van der Waals surface area contributed by atoms with Crippen LogP contribution >= 0.6 is 15.9 Å². The van der Waals surface area contributed by atoms with Gasteiger partial charge in [-0.3, -0.25) is 4.79 Å². The van der Waals surface area contributed by atoms with Gasteiger partial charge >= 0.3 is 5.97 Å². The zero-order valence-corrected chi connectivity index (χ0v) is 16.0. The van der Waals surface area contributed by atoms with Gasteiger partial charge in [0.1, 0.15) is 5.56 Å². The van der Waals surface area contributed by atoms with Gasteiger partial charge in [-0.1, -0.05) is 28.1 Å². The normalized spacial score (nSPS) is 11.6. The van der Waals surface area contributed by atoms with Gasteiger partial charge in [-0.05, 0) is 35.9 Å². The molecule has 0 fully saturated rings. The summed E-state index contributed by atoms with van der Waals surface area (Å²) in [5.74, 6) is -1.29. The van der Waals surface area contributed by atoms with Gasteiger partial charge in [0.25, 0.3) is 0 Å². The number of aromatic carboxylic acids is 1. The molecule has 0 radical (unpaired) electrons. The van der Waals surface area contributed by atoms with E-state index in [9.17, 15) is 23.1 Å². The number of carboxylic acids is 1. The lowest BCUT2D eigenvalue weighted by atomic mass is 10.1. The van der Waals surface area contributed by atoms with Crippen LogP contribution in [-0.2, 0) is 16.4 Å². The fourth-order valence-corrected chi connectivity index (χ4v) is 3.68. The first-order valence-electron chi connectivity index (χ1n) is 7.52. The number of rotatable bonds is 4. The number of sulfone groups is 1. The van der Waals surface area contributed by atoms with E-state index < -0.39 is 21.2 Å². The zero-order valence-electron chi connectivity index (χ0n) is 13.6. The molecular weight excluding hydrogens is 422 g/mol. The SMILES string of the molecule is CS(=O)(=O)c1ccc(Cn2cc(C(=O)O)c(=O)c3cc(Br)ccc32)cc1. The second-order valence-electron chi connectivity index (χ2n) is 5.88. The maximum Gasteiger partial charge on any atom is 0.341 e. The zero-order chi connectivity index (χ0) is 19.1. The van der Waals surface area contributed by atoms with Gasteiger partial charge in [0, 0.05) is 28.9 Å². The van der Waals surface area contributed by atoms with E-state index in [4.69, 9.17) is 0 Å². The van der Waals surface area contributed by atoms with E-state index >= 15 is 0 Å². The number of nitrogens with zero attached hydrogens (tertiary/aromatic N) is 1. The van der Waals surface area contributed by atoms with E-state index in [0.29, 0.717) is 21.9 Å². The molecule has 6 nitrogen and oxygen atoms in total. The highest BCUT2D eigenvalue weighted by atomic mass is 79.9. The molecule has 0 saturated carbocycles. The molecule has 8 heteroatoms. The van der Waals surface area contributed by atoms with Crippen molar-refractivity contribution in [3.63, 3.8) is 0 Å². The Kier molecular flexibility index (Phi) is 4.72. The molecule has 0 aliphatic carbocycles. The molecule has 1 N–H and O–H groups in total. The molecule has 0 atom stereocenters. The third-order valence-electron chi connectivity index (χ3n) is 3.98. The average molecular weight is 436 g/mol. The molecule has 0 amide bonds. The Morgan fingerprint density at radius 3 is 2.38 bits per heavy atom. The minimum atomic E-state index is -3.29. The van der Waals surface area contributed by atoms with Gasteiger partial charge in [-0.15, -0.1) is 0 Å². The van der Waals surface area contributed by atoms with Crippen LogP contribution in [0.1, 0.15) is 15.9 Å². The van der Waals surface area contributed by atoms with E-state index in [0.717, 1.165) is 11.8 Å². The van der Waals surface area contributed by atoms with E-state index in [1.54, 1.807) is 34.9 Å². The highest BCUT2D eigenvalue weighted by Gasteiger charge is 2.15. The molecule has 0 bridgehead atoms. The summed E-state index contributed by atoms with van der Waals surface area (Å²) >= 11 is 3.29. The largest absolute Gasteiger partial charge is 0.477 e. The summed E-state index contributed by atoms with van der Waals surface area (Å²) in [6.45, 7) is 0.294. The number of carbonyl (C=O) groups is 1. The summed E-state index contributed by atoms with van der Waals surface area (Å²) in [6, 6.07) is 11.4. The number of aromatic nitrogens is 1. The summed E-state index contributed by atoms with van der Waals surface area (Å²) in [5, 5.41) is 9.62. The van der Waals surface area contributed by atoms with Crippen molar-refractivity contribution in [2.45, 2.75) is 11.4 Å². The van der Waals surface area contributed by atoms with Crippen LogP contribution in [0.2, 0.25) is 0 Å². The Morgan fingerprint density at radius 1 is 1.15 bits per heavy atom. The van der Waals surface area contributed by atoms with Crippen LogP contribution in [-0.4, -0.2) is 30.3 Å². The molecule has 3 aromatic rings. The first-order valence-corrected chi connectivity index (χ1v) is 10.2. The number of hydrogen-bond acceptors (Lipinski definition) is 4. The Balaban J connectivity index is 2.14. The van der Waals surface area contributed by atoms with Crippen molar-refractivity contribution in [1.29, 1.82) is 0 Å². The van der Waals surface area contributed by atoms with Crippen molar-refractivity contribution in [3.8, 4) is 0 Å². The van der Waals surface area contributed by atoms with Gasteiger partial charge in [0.15, 0.2) is 9.84 Å². The van der Waals surface area contributed by atoms with Crippen LogP contribution in [0.4, 0.5) is 0 Å². The van der Waals surface area contributed by atoms with Crippen LogP contribution in [0.5, 0.6) is 0 Å². The van der Waals surface area contributed by atoms with Crippen LogP contribution in [0.15, 0.2) is 62.8 Å². The van der Waals surface area contributed by atoms with Crippen LogP contribution in [0.3, 0.4) is 0 Å². The predicted octanol–water partition coefficient (Wildman–Crippen LogP) is 2.91. The Morgan fingerprint density at radius 2 is 1.81 bits per heavy atom. The van der Waals surface area contributed by atoms with Crippen LogP contribution in [0.25, 0.3) is 10.9 Å². The van der Waals surface area contributed by atoms with Gasteiger partial charge in [-0.2, -0.15) is 0 Å². The summed E-state index contributed by atoms with van der Waals surface area (Å²) in [5.41, 5.74) is 0.512. The molecule has 0 unspecified atom stereocenters. The fourth-order valence-electron chi connectivity index (χ4n) is 2.69. The number of halogens is 1.